The monoisotopic (exact) mass is 459 g/mol. The quantitative estimate of drug-likeness (QED) is 0.542. The lowest BCUT2D eigenvalue weighted by molar-refractivity contribution is -0.136. The van der Waals surface area contributed by atoms with Gasteiger partial charge in [0.1, 0.15) is 11.8 Å². The fourth-order valence-corrected chi connectivity index (χ4v) is 3.63. The van der Waals surface area contributed by atoms with Gasteiger partial charge in [0, 0.05) is 19.9 Å². The highest BCUT2D eigenvalue weighted by Crippen LogP contribution is 2.33. The lowest BCUT2D eigenvalue weighted by Gasteiger charge is -2.19. The molecule has 1 unspecified atom stereocenters. The molecule has 8 nitrogen and oxygen atoms in total. The third-order valence-corrected chi connectivity index (χ3v) is 5.48. The average Bonchev–Trinajstić information content (AvgIpc) is 3.52. The third-order valence-electron chi connectivity index (χ3n) is 5.48. The van der Waals surface area contributed by atoms with Crippen molar-refractivity contribution in [1.82, 2.24) is 10.3 Å². The predicted molar refractivity (Wildman–Crippen MR) is 125 cm³/mol. The molecule has 34 heavy (non-hydrogen) atoms. The smallest absolute Gasteiger partial charge is 0.338 e. The van der Waals surface area contributed by atoms with Crippen LogP contribution in [0.5, 0.6) is 0 Å². The summed E-state index contributed by atoms with van der Waals surface area (Å²) in [7, 11) is 0. The van der Waals surface area contributed by atoms with Crippen LogP contribution in [0.3, 0.4) is 0 Å². The highest BCUT2D eigenvalue weighted by molar-refractivity contribution is 6.03. The number of hydrogen-bond donors (Lipinski definition) is 1. The van der Waals surface area contributed by atoms with Crippen molar-refractivity contribution in [2.45, 2.75) is 32.9 Å². The maximum Gasteiger partial charge on any atom is 0.338 e. The summed E-state index contributed by atoms with van der Waals surface area (Å²) >= 11 is 0. The molecule has 8 heteroatoms. The van der Waals surface area contributed by atoms with E-state index in [-0.39, 0.29) is 5.91 Å². The summed E-state index contributed by atoms with van der Waals surface area (Å²) in [6.07, 6.45) is 2.05. The standard InChI is InChI=1S/C26H25N3O5/c1-17-5-9-20(10-6-17)22-14-23(24-4-3-13-33-24)29(28-22)25(31)16-34-26(32)21-11-7-19(8-12-21)15-27-18(2)30/h3-13,23H,14-16H2,1-2H3,(H,27,30). The van der Waals surface area contributed by atoms with Crippen molar-refractivity contribution in [3.8, 4) is 0 Å². The lowest BCUT2D eigenvalue weighted by Crippen LogP contribution is -2.31. The molecule has 0 bridgehead atoms. The Labute approximate surface area is 197 Å². The third kappa shape index (κ3) is 5.40. The number of rotatable bonds is 7. The number of aryl methyl sites for hydroxylation is 1. The van der Waals surface area contributed by atoms with Gasteiger partial charge in [-0.3, -0.25) is 9.59 Å². The van der Waals surface area contributed by atoms with Crippen LogP contribution < -0.4 is 5.32 Å². The van der Waals surface area contributed by atoms with Gasteiger partial charge in [-0.1, -0.05) is 42.0 Å². The molecule has 0 spiro atoms. The molecule has 1 aromatic heterocycles. The number of ether oxygens (including phenoxy) is 1. The van der Waals surface area contributed by atoms with Gasteiger partial charge in [0.2, 0.25) is 5.91 Å². The van der Waals surface area contributed by atoms with E-state index >= 15 is 0 Å². The van der Waals surface area contributed by atoms with Crippen molar-refractivity contribution in [3.05, 3.63) is 94.9 Å². The molecule has 174 valence electrons. The van der Waals surface area contributed by atoms with E-state index in [2.05, 4.69) is 10.4 Å². The van der Waals surface area contributed by atoms with Crippen LogP contribution in [0, 0.1) is 6.92 Å². The summed E-state index contributed by atoms with van der Waals surface area (Å²) in [5.74, 6) is -0.583. The Bertz CT molecular complexity index is 1200. The van der Waals surface area contributed by atoms with Crippen molar-refractivity contribution >= 4 is 23.5 Å². The van der Waals surface area contributed by atoms with Crippen LogP contribution in [0.15, 0.2) is 76.4 Å². The van der Waals surface area contributed by atoms with Gasteiger partial charge >= 0.3 is 5.97 Å². The molecule has 4 rings (SSSR count). The Hall–Kier alpha value is -4.20. The van der Waals surface area contributed by atoms with Crippen LogP contribution in [0.2, 0.25) is 0 Å². The number of nitrogens with one attached hydrogen (secondary N) is 1. The van der Waals surface area contributed by atoms with E-state index in [1.165, 1.54) is 11.9 Å². The van der Waals surface area contributed by atoms with Crippen LogP contribution >= 0.6 is 0 Å². The first-order valence-corrected chi connectivity index (χ1v) is 10.9. The molecule has 0 saturated heterocycles. The largest absolute Gasteiger partial charge is 0.467 e. The molecule has 2 amide bonds. The Kier molecular flexibility index (Phi) is 6.87. The first-order valence-electron chi connectivity index (χ1n) is 10.9. The fourth-order valence-electron chi connectivity index (χ4n) is 3.63. The van der Waals surface area contributed by atoms with Crippen LogP contribution in [0.1, 0.15) is 52.2 Å². The molecule has 1 N–H and O–H groups in total. The van der Waals surface area contributed by atoms with Crippen molar-refractivity contribution in [3.63, 3.8) is 0 Å². The number of benzene rings is 2. The molecule has 2 heterocycles. The molecule has 2 aromatic carbocycles. The summed E-state index contributed by atoms with van der Waals surface area (Å²) in [6, 6.07) is 17.7. The molecular formula is C26H25N3O5. The molecule has 0 aliphatic carbocycles. The number of carbonyl (C=O) groups excluding carboxylic acids is 3. The molecule has 1 atom stereocenters. The van der Waals surface area contributed by atoms with E-state index in [1.54, 1.807) is 42.7 Å². The van der Waals surface area contributed by atoms with Gasteiger partial charge in [0.25, 0.3) is 5.91 Å². The second-order valence-electron chi connectivity index (χ2n) is 8.07. The van der Waals surface area contributed by atoms with E-state index < -0.39 is 24.5 Å². The van der Waals surface area contributed by atoms with Gasteiger partial charge < -0.3 is 14.5 Å². The van der Waals surface area contributed by atoms with Crippen LogP contribution in [-0.2, 0) is 20.9 Å². The maximum atomic E-state index is 13.0. The van der Waals surface area contributed by atoms with E-state index in [1.807, 2.05) is 31.2 Å². The van der Waals surface area contributed by atoms with E-state index in [4.69, 9.17) is 9.15 Å². The maximum absolute atomic E-state index is 13.0. The molecule has 1 aliphatic heterocycles. The zero-order valence-electron chi connectivity index (χ0n) is 19.0. The summed E-state index contributed by atoms with van der Waals surface area (Å²) in [5, 5.41) is 8.56. The van der Waals surface area contributed by atoms with Gasteiger partial charge in [0.05, 0.1) is 17.5 Å². The minimum Gasteiger partial charge on any atom is -0.467 e. The minimum atomic E-state index is -0.615. The first kappa shape index (κ1) is 23.0. The van der Waals surface area contributed by atoms with Crippen LogP contribution in [0.25, 0.3) is 0 Å². The summed E-state index contributed by atoms with van der Waals surface area (Å²) < 4.78 is 10.8. The number of nitrogens with zero attached hydrogens (tertiary/aromatic N) is 2. The molecule has 0 fully saturated rings. The lowest BCUT2D eigenvalue weighted by atomic mass is 10.0. The highest BCUT2D eigenvalue weighted by Gasteiger charge is 2.35. The van der Waals surface area contributed by atoms with Crippen LogP contribution in [-0.4, -0.2) is 35.1 Å². The average molecular weight is 460 g/mol. The number of furan rings is 1. The second-order valence-corrected chi connectivity index (χ2v) is 8.07. The molecule has 1 aliphatic rings. The van der Waals surface area contributed by atoms with Gasteiger partial charge in [-0.25, -0.2) is 9.80 Å². The SMILES string of the molecule is CC(=O)NCc1ccc(C(=O)OCC(=O)N2N=C(c3ccc(C)cc3)CC2c2ccco2)cc1. The Morgan fingerprint density at radius 3 is 2.47 bits per heavy atom. The number of amides is 2. The van der Waals surface area contributed by atoms with Gasteiger partial charge in [0.15, 0.2) is 6.61 Å². The number of hydrazone groups is 1. The number of esters is 1. The van der Waals surface area contributed by atoms with Crippen LogP contribution in [0.4, 0.5) is 0 Å². The van der Waals surface area contributed by atoms with Crippen molar-refractivity contribution in [1.29, 1.82) is 0 Å². The number of carbonyl (C=O) groups is 3. The van der Waals surface area contributed by atoms with E-state index in [0.717, 1.165) is 22.4 Å². The first-order chi connectivity index (χ1) is 16.4. The zero-order chi connectivity index (χ0) is 24.1. The molecular weight excluding hydrogens is 434 g/mol. The Morgan fingerprint density at radius 2 is 1.82 bits per heavy atom. The minimum absolute atomic E-state index is 0.134. The van der Waals surface area contributed by atoms with Crippen molar-refractivity contribution in [2.75, 3.05) is 6.61 Å². The molecule has 0 radical (unpaired) electrons. The van der Waals surface area contributed by atoms with Crippen molar-refractivity contribution < 1.29 is 23.5 Å². The zero-order valence-corrected chi connectivity index (χ0v) is 19.0. The highest BCUT2D eigenvalue weighted by atomic mass is 16.5. The topological polar surface area (TPSA) is 101 Å². The normalized spacial score (nSPS) is 15.1. The number of hydrogen-bond acceptors (Lipinski definition) is 6. The van der Waals surface area contributed by atoms with Gasteiger partial charge in [-0.05, 0) is 42.3 Å². The Balaban J connectivity index is 1.43. The second kappa shape index (κ2) is 10.2. The van der Waals surface area contributed by atoms with E-state index in [9.17, 15) is 14.4 Å². The summed E-state index contributed by atoms with van der Waals surface area (Å²) in [6.45, 7) is 3.36. The molecule has 3 aromatic rings. The van der Waals surface area contributed by atoms with Crippen molar-refractivity contribution in [2.24, 2.45) is 5.10 Å². The fraction of sp³-hybridized carbons (Fsp3) is 0.231. The Morgan fingerprint density at radius 1 is 1.09 bits per heavy atom. The summed E-state index contributed by atoms with van der Waals surface area (Å²) in [4.78, 5) is 36.5. The molecule has 0 saturated carbocycles. The van der Waals surface area contributed by atoms with Gasteiger partial charge in [-0.15, -0.1) is 0 Å². The summed E-state index contributed by atoms with van der Waals surface area (Å²) in [5.41, 5.74) is 3.98. The predicted octanol–water partition coefficient (Wildman–Crippen LogP) is 3.76. The van der Waals surface area contributed by atoms with E-state index in [0.29, 0.717) is 24.3 Å². The van der Waals surface area contributed by atoms with Gasteiger partial charge in [-0.2, -0.15) is 5.10 Å².